The van der Waals surface area contributed by atoms with Crippen LogP contribution >= 0.6 is 0 Å². The van der Waals surface area contributed by atoms with Gasteiger partial charge in [-0.25, -0.2) is 0 Å². The van der Waals surface area contributed by atoms with Crippen LogP contribution in [0.15, 0.2) is 115 Å². The summed E-state index contributed by atoms with van der Waals surface area (Å²) in [5, 5.41) is 0. The van der Waals surface area contributed by atoms with Crippen LogP contribution in [0.4, 0.5) is 51.2 Å². The lowest BCUT2D eigenvalue weighted by Crippen LogP contribution is -2.62. The third kappa shape index (κ3) is 5.74. The molecular weight excluding hydrogens is 775 g/mol. The third-order valence-electron chi connectivity index (χ3n) is 17.0. The van der Waals surface area contributed by atoms with Gasteiger partial charge in [0.15, 0.2) is 0 Å². The van der Waals surface area contributed by atoms with Crippen LogP contribution in [0.2, 0.25) is 0 Å². The average Bonchev–Trinajstić information content (AvgIpc) is 3.65. The number of nitrogens with zero attached hydrogens (tertiary/aromatic N) is 3. The van der Waals surface area contributed by atoms with Crippen molar-refractivity contribution in [3.05, 3.63) is 143 Å². The molecule has 1 fully saturated rings. The molecular formula is C59H67BN4. The van der Waals surface area contributed by atoms with Crippen LogP contribution in [0.1, 0.15) is 143 Å². The Kier molecular flexibility index (Phi) is 8.61. The quantitative estimate of drug-likeness (QED) is 0.142. The molecule has 5 aliphatic rings. The molecule has 0 spiro atoms. The number of anilines is 9. The van der Waals surface area contributed by atoms with Crippen LogP contribution in [0.25, 0.3) is 0 Å². The van der Waals surface area contributed by atoms with E-state index < -0.39 is 0 Å². The van der Waals surface area contributed by atoms with Crippen LogP contribution in [0.3, 0.4) is 0 Å². The van der Waals surface area contributed by atoms with Gasteiger partial charge in [-0.15, -0.1) is 0 Å². The maximum Gasteiger partial charge on any atom is 0.252 e. The molecule has 326 valence electrons. The molecule has 0 radical (unpaired) electrons. The normalized spacial score (nSPS) is 22.4. The van der Waals surface area contributed by atoms with Gasteiger partial charge in [0.2, 0.25) is 0 Å². The van der Waals surface area contributed by atoms with Gasteiger partial charge in [-0.2, -0.15) is 0 Å². The van der Waals surface area contributed by atoms with Crippen molar-refractivity contribution in [3.63, 3.8) is 0 Å². The molecule has 0 aromatic heterocycles. The Bertz CT molecular complexity index is 2910. The maximum absolute atomic E-state index is 6.65. The topological polar surface area (TPSA) is 35.7 Å². The highest BCUT2D eigenvalue weighted by Gasteiger charge is 2.60. The summed E-state index contributed by atoms with van der Waals surface area (Å²) in [6.07, 6.45) is 5.79. The van der Waals surface area contributed by atoms with Crippen molar-refractivity contribution in [1.82, 2.24) is 0 Å². The van der Waals surface area contributed by atoms with E-state index in [9.17, 15) is 0 Å². The van der Waals surface area contributed by atoms with Gasteiger partial charge in [-0.3, -0.25) is 0 Å². The average molecular weight is 843 g/mol. The van der Waals surface area contributed by atoms with Crippen molar-refractivity contribution < 1.29 is 0 Å². The zero-order valence-corrected chi connectivity index (χ0v) is 40.5. The van der Waals surface area contributed by atoms with Crippen molar-refractivity contribution >= 4 is 74.3 Å². The number of fused-ring (bicyclic) bond motifs is 8. The van der Waals surface area contributed by atoms with Crippen LogP contribution in [-0.2, 0) is 27.1 Å². The number of hydrogen-bond acceptors (Lipinski definition) is 4. The van der Waals surface area contributed by atoms with E-state index >= 15 is 0 Å². The first kappa shape index (κ1) is 41.3. The lowest BCUT2D eigenvalue weighted by molar-refractivity contribution is 0.330. The molecule has 2 atom stereocenters. The number of para-hydroxylation sites is 1. The third-order valence-corrected chi connectivity index (χ3v) is 17.0. The first-order valence-corrected chi connectivity index (χ1v) is 24.1. The number of hydrogen-bond donors (Lipinski definition) is 1. The zero-order chi connectivity index (χ0) is 45.1. The predicted octanol–water partition coefficient (Wildman–Crippen LogP) is 13.6. The lowest BCUT2D eigenvalue weighted by Gasteiger charge is -2.48. The zero-order valence-electron chi connectivity index (χ0n) is 40.5. The van der Waals surface area contributed by atoms with E-state index in [1.807, 2.05) is 0 Å². The van der Waals surface area contributed by atoms with Crippen LogP contribution in [-0.4, -0.2) is 12.3 Å². The van der Waals surface area contributed by atoms with Crippen molar-refractivity contribution in [2.24, 2.45) is 0 Å². The lowest BCUT2D eigenvalue weighted by atomic mass is 9.33. The molecule has 5 heteroatoms. The highest BCUT2D eigenvalue weighted by molar-refractivity contribution is 7.00. The van der Waals surface area contributed by atoms with Gasteiger partial charge >= 0.3 is 0 Å². The Morgan fingerprint density at radius 1 is 0.484 bits per heavy atom. The van der Waals surface area contributed by atoms with E-state index in [4.69, 9.17) is 5.73 Å². The molecule has 0 amide bonds. The molecule has 0 saturated heterocycles. The fourth-order valence-electron chi connectivity index (χ4n) is 12.9. The first-order valence-electron chi connectivity index (χ1n) is 24.1. The van der Waals surface area contributed by atoms with Crippen molar-refractivity contribution in [1.29, 1.82) is 0 Å². The molecule has 6 aromatic carbocycles. The summed E-state index contributed by atoms with van der Waals surface area (Å²) in [7, 11) is 0. The van der Waals surface area contributed by atoms with Crippen molar-refractivity contribution in [3.8, 4) is 0 Å². The summed E-state index contributed by atoms with van der Waals surface area (Å²) in [6, 6.07) is 45.2. The molecule has 0 bridgehead atoms. The second-order valence-corrected chi connectivity index (χ2v) is 24.0. The van der Waals surface area contributed by atoms with E-state index in [1.54, 1.807) is 0 Å². The van der Waals surface area contributed by atoms with Crippen LogP contribution < -0.4 is 36.8 Å². The van der Waals surface area contributed by atoms with Gasteiger partial charge in [0.25, 0.3) is 6.71 Å². The second kappa shape index (κ2) is 13.3. The van der Waals surface area contributed by atoms with Gasteiger partial charge < -0.3 is 20.4 Å². The SMILES string of the molecule is CC(C)(C)c1cccc(N2c3cc(C(C)(C)C)ccc3B3c4cc5c(cc4N(c4ccccc4)c4cc(N6c7ccc(N)cc7C7(C)CCCC67C)cc2c43)C(C)(C)CCC5(C)C)c1. The minimum Gasteiger partial charge on any atom is -0.399 e. The van der Waals surface area contributed by atoms with E-state index in [0.717, 1.165) is 18.5 Å². The maximum atomic E-state index is 6.65. The molecule has 1 saturated carbocycles. The largest absolute Gasteiger partial charge is 0.399 e. The first-order chi connectivity index (χ1) is 30.1. The van der Waals surface area contributed by atoms with Gasteiger partial charge in [-0.1, -0.05) is 131 Å². The van der Waals surface area contributed by atoms with Crippen molar-refractivity contribution in [2.75, 3.05) is 20.4 Å². The predicted molar refractivity (Wildman–Crippen MR) is 276 cm³/mol. The highest BCUT2D eigenvalue weighted by Crippen LogP contribution is 2.63. The molecule has 2 N–H and O–H groups in total. The number of nitrogens with two attached hydrogens (primary N) is 1. The highest BCUT2D eigenvalue weighted by atomic mass is 15.3. The fraction of sp³-hybridized carbons (Fsp3) is 0.390. The van der Waals surface area contributed by atoms with E-state index in [1.165, 1.54) is 109 Å². The Labute approximate surface area is 384 Å². The van der Waals surface area contributed by atoms with Gasteiger partial charge in [0.1, 0.15) is 0 Å². The summed E-state index contributed by atoms with van der Waals surface area (Å²) in [5.74, 6) is 0. The molecule has 2 aliphatic carbocycles. The summed E-state index contributed by atoms with van der Waals surface area (Å²) in [6.45, 7) is 29.0. The molecule has 4 nitrogen and oxygen atoms in total. The summed E-state index contributed by atoms with van der Waals surface area (Å²) in [5.41, 5.74) is 28.6. The summed E-state index contributed by atoms with van der Waals surface area (Å²) >= 11 is 0. The summed E-state index contributed by atoms with van der Waals surface area (Å²) in [4.78, 5) is 8.03. The minimum absolute atomic E-state index is 0.0168. The Morgan fingerprint density at radius 3 is 1.77 bits per heavy atom. The fourth-order valence-corrected chi connectivity index (χ4v) is 12.9. The van der Waals surface area contributed by atoms with Gasteiger partial charge in [0, 0.05) is 56.6 Å². The monoisotopic (exact) mass is 843 g/mol. The van der Waals surface area contributed by atoms with Gasteiger partial charge in [0.05, 0.1) is 5.54 Å². The molecule has 11 rings (SSSR count). The number of benzene rings is 6. The minimum atomic E-state index is -0.134. The molecule has 3 aliphatic heterocycles. The number of nitrogen functional groups attached to an aromatic ring is 1. The molecule has 6 aromatic rings. The van der Waals surface area contributed by atoms with Crippen LogP contribution in [0.5, 0.6) is 0 Å². The van der Waals surface area contributed by atoms with Crippen LogP contribution in [0, 0.1) is 0 Å². The standard InChI is InChI=1S/C59H67BN4/c1-54(2,3)37-18-16-21-41(30-37)63-49-31-38(55(4,5)6)22-24-46(49)60-47-35-43-44(57(9,10)29-28-56(43,7)8)36-50(47)62(40-19-14-13-15-20-40)51-33-42(34-52(63)53(51)60)64-48-25-23-39(61)32-45(48)58(11)26-17-27-59(58,64)12/h13-16,18-25,30-36H,17,26-29,61H2,1-12H3. The van der Waals surface area contributed by atoms with E-state index in [0.29, 0.717) is 0 Å². The second-order valence-electron chi connectivity index (χ2n) is 24.0. The van der Waals surface area contributed by atoms with E-state index in [2.05, 4.69) is 213 Å². The smallest absolute Gasteiger partial charge is 0.252 e. The van der Waals surface area contributed by atoms with E-state index in [-0.39, 0.29) is 39.3 Å². The molecule has 64 heavy (non-hydrogen) atoms. The molecule has 2 unspecified atom stereocenters. The summed E-state index contributed by atoms with van der Waals surface area (Å²) < 4.78 is 0. The Morgan fingerprint density at radius 2 is 1.09 bits per heavy atom. The van der Waals surface area contributed by atoms with Crippen molar-refractivity contribution in [2.45, 2.75) is 148 Å². The molecule has 3 heterocycles. The number of rotatable bonds is 3. The van der Waals surface area contributed by atoms with Gasteiger partial charge in [-0.05, 0) is 165 Å². The Hall–Kier alpha value is -5.42. The Balaban J connectivity index is 1.30.